The van der Waals surface area contributed by atoms with Crippen LogP contribution in [0.25, 0.3) is 11.2 Å². The maximum absolute atomic E-state index is 15.2. The van der Waals surface area contributed by atoms with E-state index in [2.05, 4.69) is 32.5 Å². The summed E-state index contributed by atoms with van der Waals surface area (Å²) in [6, 6.07) is 0. The van der Waals surface area contributed by atoms with Crippen molar-refractivity contribution in [1.82, 2.24) is 19.5 Å². The summed E-state index contributed by atoms with van der Waals surface area (Å²) in [6.07, 6.45) is 1.75. The Morgan fingerprint density at radius 3 is 2.77 bits per heavy atom. The van der Waals surface area contributed by atoms with Crippen molar-refractivity contribution in [3.05, 3.63) is 6.33 Å². The fourth-order valence-electron chi connectivity index (χ4n) is 3.58. The van der Waals surface area contributed by atoms with E-state index in [4.69, 9.17) is 4.74 Å². The smallest absolute Gasteiger partial charge is 0.233 e. The summed E-state index contributed by atoms with van der Waals surface area (Å²) in [4.78, 5) is 25.1. The SMILES string of the molecule is CCCCCCC(=O)Nc1nc(NC)c2ncn([C@@H]3O[C@H](CO)[C@@H](O)[C@@]3(C)F)c2n1. The second-order valence-corrected chi connectivity index (χ2v) is 7.63. The summed E-state index contributed by atoms with van der Waals surface area (Å²) in [5, 5.41) is 25.1. The molecule has 0 unspecified atom stereocenters. The van der Waals surface area contributed by atoms with E-state index in [1.165, 1.54) is 17.8 Å². The minimum atomic E-state index is -2.19. The molecule has 11 heteroatoms. The van der Waals surface area contributed by atoms with Gasteiger partial charge in [-0.1, -0.05) is 26.2 Å². The van der Waals surface area contributed by atoms with E-state index in [1.54, 1.807) is 7.05 Å². The molecule has 4 atom stereocenters. The highest BCUT2D eigenvalue weighted by molar-refractivity contribution is 5.91. The number of unbranched alkanes of at least 4 members (excludes halogenated alkanes) is 3. The molecule has 1 aliphatic rings. The molecule has 0 spiro atoms. The normalized spacial score (nSPS) is 26.3. The van der Waals surface area contributed by atoms with E-state index in [0.29, 0.717) is 17.8 Å². The van der Waals surface area contributed by atoms with Gasteiger partial charge >= 0.3 is 0 Å². The first kappa shape index (κ1) is 22.3. The van der Waals surface area contributed by atoms with Crippen LogP contribution in [0.15, 0.2) is 6.33 Å². The lowest BCUT2D eigenvalue weighted by atomic mass is 9.98. The second-order valence-electron chi connectivity index (χ2n) is 7.63. The summed E-state index contributed by atoms with van der Waals surface area (Å²) >= 11 is 0. The van der Waals surface area contributed by atoms with Crippen molar-refractivity contribution in [2.24, 2.45) is 0 Å². The van der Waals surface area contributed by atoms with Gasteiger partial charge in [0.1, 0.15) is 12.2 Å². The van der Waals surface area contributed by atoms with Crippen molar-refractivity contribution in [3.8, 4) is 0 Å². The number of alkyl halides is 1. The summed E-state index contributed by atoms with van der Waals surface area (Å²) < 4.78 is 22.1. The van der Waals surface area contributed by atoms with Gasteiger partial charge in [0.2, 0.25) is 11.9 Å². The molecule has 0 radical (unpaired) electrons. The van der Waals surface area contributed by atoms with E-state index < -0.39 is 30.7 Å². The molecule has 0 aromatic carbocycles. The van der Waals surface area contributed by atoms with Crippen LogP contribution in [0.3, 0.4) is 0 Å². The molecule has 3 heterocycles. The molecule has 3 rings (SSSR count). The largest absolute Gasteiger partial charge is 0.394 e. The number of carbonyl (C=O) groups excluding carboxylic acids is 1. The zero-order valence-corrected chi connectivity index (χ0v) is 17.4. The first-order valence-corrected chi connectivity index (χ1v) is 10.2. The zero-order chi connectivity index (χ0) is 21.9. The Hall–Kier alpha value is -2.37. The van der Waals surface area contributed by atoms with Gasteiger partial charge in [-0.25, -0.2) is 9.37 Å². The highest BCUT2D eigenvalue weighted by Gasteiger charge is 2.55. The Morgan fingerprint density at radius 2 is 2.13 bits per heavy atom. The monoisotopic (exact) mass is 424 g/mol. The number of hydrogen-bond donors (Lipinski definition) is 4. The Morgan fingerprint density at radius 1 is 1.37 bits per heavy atom. The number of imidazole rings is 1. The topological polar surface area (TPSA) is 134 Å². The number of hydrogen-bond acceptors (Lipinski definition) is 8. The molecule has 0 aliphatic carbocycles. The van der Waals surface area contributed by atoms with Gasteiger partial charge in [-0.2, -0.15) is 9.97 Å². The van der Waals surface area contributed by atoms with Crippen molar-refractivity contribution < 1.29 is 24.1 Å². The Balaban J connectivity index is 1.89. The molecule has 0 saturated carbocycles. The number of aliphatic hydroxyl groups is 2. The van der Waals surface area contributed by atoms with E-state index in [-0.39, 0.29) is 17.5 Å². The molecular formula is C19H29FN6O4. The van der Waals surface area contributed by atoms with Gasteiger partial charge in [0.15, 0.2) is 28.9 Å². The average Bonchev–Trinajstić information content (AvgIpc) is 3.23. The Bertz CT molecular complexity index is 889. The van der Waals surface area contributed by atoms with Crippen LogP contribution in [0.2, 0.25) is 0 Å². The predicted octanol–water partition coefficient (Wildman–Crippen LogP) is 1.76. The van der Waals surface area contributed by atoms with E-state index >= 15 is 4.39 Å². The van der Waals surface area contributed by atoms with Gasteiger partial charge in [0, 0.05) is 13.5 Å². The third-order valence-corrected chi connectivity index (χ3v) is 5.32. The van der Waals surface area contributed by atoms with Crippen LogP contribution in [0.1, 0.15) is 52.2 Å². The number of ether oxygens (including phenoxy) is 1. The van der Waals surface area contributed by atoms with Crippen LogP contribution in [0.4, 0.5) is 16.2 Å². The summed E-state index contributed by atoms with van der Waals surface area (Å²) in [5.41, 5.74) is -1.59. The molecular weight excluding hydrogens is 395 g/mol. The van der Waals surface area contributed by atoms with E-state index in [1.807, 2.05) is 0 Å². The number of halogens is 1. The highest BCUT2D eigenvalue weighted by Crippen LogP contribution is 2.42. The second kappa shape index (κ2) is 9.19. The quantitative estimate of drug-likeness (QED) is 0.447. The predicted molar refractivity (Wildman–Crippen MR) is 109 cm³/mol. The molecule has 2 aromatic rings. The maximum atomic E-state index is 15.2. The van der Waals surface area contributed by atoms with Gasteiger partial charge in [-0.05, 0) is 13.3 Å². The molecule has 30 heavy (non-hydrogen) atoms. The number of carbonyl (C=O) groups is 1. The molecule has 4 N–H and O–H groups in total. The van der Waals surface area contributed by atoms with Crippen molar-refractivity contribution in [3.63, 3.8) is 0 Å². The zero-order valence-electron chi connectivity index (χ0n) is 17.4. The average molecular weight is 424 g/mol. The first-order chi connectivity index (χ1) is 14.3. The van der Waals surface area contributed by atoms with Crippen LogP contribution in [-0.4, -0.2) is 67.2 Å². The highest BCUT2D eigenvalue weighted by atomic mass is 19.1. The van der Waals surface area contributed by atoms with Gasteiger partial charge in [0.25, 0.3) is 0 Å². The Kier molecular flexibility index (Phi) is 6.84. The van der Waals surface area contributed by atoms with Crippen LogP contribution in [0.5, 0.6) is 0 Å². The lowest BCUT2D eigenvalue weighted by Crippen LogP contribution is -2.40. The number of rotatable bonds is 9. The van der Waals surface area contributed by atoms with Crippen LogP contribution < -0.4 is 10.6 Å². The fourth-order valence-corrected chi connectivity index (χ4v) is 3.58. The summed E-state index contributed by atoms with van der Waals surface area (Å²) in [7, 11) is 1.65. The van der Waals surface area contributed by atoms with E-state index in [9.17, 15) is 15.0 Å². The third-order valence-electron chi connectivity index (χ3n) is 5.32. The van der Waals surface area contributed by atoms with E-state index in [0.717, 1.165) is 25.7 Å². The summed E-state index contributed by atoms with van der Waals surface area (Å²) in [6.45, 7) is 2.77. The fraction of sp³-hybridized carbons (Fsp3) is 0.684. The number of fused-ring (bicyclic) bond motifs is 1. The van der Waals surface area contributed by atoms with Crippen molar-refractivity contribution in [2.75, 3.05) is 24.3 Å². The minimum Gasteiger partial charge on any atom is -0.394 e. The van der Waals surface area contributed by atoms with Crippen LogP contribution in [-0.2, 0) is 9.53 Å². The van der Waals surface area contributed by atoms with Crippen LogP contribution >= 0.6 is 0 Å². The molecule has 1 saturated heterocycles. The van der Waals surface area contributed by atoms with Crippen LogP contribution in [0, 0.1) is 0 Å². The van der Waals surface area contributed by atoms with Gasteiger partial charge in [-0.15, -0.1) is 0 Å². The number of amides is 1. The number of aromatic nitrogens is 4. The van der Waals surface area contributed by atoms with Crippen molar-refractivity contribution in [2.45, 2.75) is 70.1 Å². The first-order valence-electron chi connectivity index (χ1n) is 10.2. The van der Waals surface area contributed by atoms with Crippen molar-refractivity contribution >= 4 is 28.8 Å². The molecule has 1 amide bonds. The van der Waals surface area contributed by atoms with Crippen molar-refractivity contribution in [1.29, 1.82) is 0 Å². The lowest BCUT2D eigenvalue weighted by Gasteiger charge is -2.24. The lowest BCUT2D eigenvalue weighted by molar-refractivity contribution is -0.116. The molecule has 10 nitrogen and oxygen atoms in total. The molecule has 0 bridgehead atoms. The van der Waals surface area contributed by atoms with Gasteiger partial charge in [0.05, 0.1) is 12.9 Å². The number of nitrogens with zero attached hydrogens (tertiary/aromatic N) is 4. The van der Waals surface area contributed by atoms with Gasteiger partial charge in [-0.3, -0.25) is 14.7 Å². The summed E-state index contributed by atoms with van der Waals surface area (Å²) in [5.74, 6) is 0.214. The molecule has 2 aromatic heterocycles. The standard InChI is InChI=1S/C19H29FN6O4/c1-4-5-6-7-8-12(28)23-18-24-15(21-3)13-16(25-18)26(10-22-13)17-19(2,20)14(29)11(9-27)30-17/h10-11,14,17,27,29H,4-9H2,1-3H3,(H2,21,23,24,25,28)/t11-,14-,17-,19-/m1/s1. The molecule has 1 aliphatic heterocycles. The minimum absolute atomic E-state index is 0.0620. The number of aliphatic hydroxyl groups excluding tert-OH is 2. The maximum Gasteiger partial charge on any atom is 0.233 e. The van der Waals surface area contributed by atoms with Gasteiger partial charge < -0.3 is 20.3 Å². The number of anilines is 2. The Labute approximate surface area is 173 Å². The number of nitrogens with one attached hydrogen (secondary N) is 2. The molecule has 166 valence electrons. The third kappa shape index (κ3) is 4.23. The molecule has 1 fully saturated rings.